The monoisotopic (exact) mass is 458 g/mol. The molecule has 9 nitrogen and oxygen atoms in total. The number of nitro benzene ring substituents is 1. The Labute approximate surface area is 183 Å². The van der Waals surface area contributed by atoms with Gasteiger partial charge in [-0.05, 0) is 37.3 Å². The summed E-state index contributed by atoms with van der Waals surface area (Å²) >= 11 is 0. The lowest BCUT2D eigenvalue weighted by molar-refractivity contribution is -0.384. The lowest BCUT2D eigenvalue weighted by atomic mass is 10.1. The Morgan fingerprint density at radius 2 is 1.75 bits per heavy atom. The van der Waals surface area contributed by atoms with Crippen LogP contribution in [0.1, 0.15) is 12.5 Å². The Balaban J connectivity index is 1.91. The van der Waals surface area contributed by atoms with E-state index in [1.54, 1.807) is 24.3 Å². The van der Waals surface area contributed by atoms with Crippen LogP contribution < -0.4 is 14.9 Å². The van der Waals surface area contributed by atoms with Gasteiger partial charge in [-0.1, -0.05) is 30.3 Å². The van der Waals surface area contributed by atoms with Gasteiger partial charge in [0.1, 0.15) is 17.3 Å². The molecular formula is C21H19FN4O5S. The number of halogens is 1. The minimum absolute atomic E-state index is 0.0538. The molecule has 0 aromatic heterocycles. The molecule has 0 heterocycles. The van der Waals surface area contributed by atoms with Crippen molar-refractivity contribution in [2.45, 2.75) is 11.8 Å². The zero-order valence-corrected chi connectivity index (χ0v) is 17.9. The van der Waals surface area contributed by atoms with Crippen LogP contribution in [-0.4, -0.2) is 26.2 Å². The van der Waals surface area contributed by atoms with Gasteiger partial charge in [0.15, 0.2) is 0 Å². The van der Waals surface area contributed by atoms with Gasteiger partial charge >= 0.3 is 0 Å². The highest BCUT2D eigenvalue weighted by Gasteiger charge is 2.22. The molecular weight excluding hydrogens is 439 g/mol. The summed E-state index contributed by atoms with van der Waals surface area (Å²) in [5.41, 5.74) is 2.61. The van der Waals surface area contributed by atoms with Crippen LogP contribution in [0.15, 0.2) is 76.7 Å². The molecule has 32 heavy (non-hydrogen) atoms. The highest BCUT2D eigenvalue weighted by atomic mass is 32.2. The first-order valence-corrected chi connectivity index (χ1v) is 10.7. The molecule has 3 aromatic carbocycles. The predicted octanol–water partition coefficient (Wildman–Crippen LogP) is 4.38. The van der Waals surface area contributed by atoms with Crippen LogP contribution in [0.4, 0.5) is 21.5 Å². The maximum absolute atomic E-state index is 13.9. The van der Waals surface area contributed by atoms with Crippen molar-refractivity contribution in [1.82, 2.24) is 0 Å². The molecule has 0 atom stereocenters. The minimum Gasteiger partial charge on any atom is -0.495 e. The molecule has 3 rings (SSSR count). The number of hydrogen-bond donors (Lipinski definition) is 2. The zero-order chi connectivity index (χ0) is 23.3. The van der Waals surface area contributed by atoms with Crippen LogP contribution in [0, 0.1) is 15.9 Å². The van der Waals surface area contributed by atoms with E-state index in [4.69, 9.17) is 4.74 Å². The second kappa shape index (κ2) is 9.43. The van der Waals surface area contributed by atoms with Crippen molar-refractivity contribution in [3.8, 4) is 5.75 Å². The second-order valence-electron chi connectivity index (χ2n) is 6.53. The largest absolute Gasteiger partial charge is 0.495 e. The smallest absolute Gasteiger partial charge is 0.295 e. The number of benzene rings is 3. The number of nitrogens with zero attached hydrogens (tertiary/aromatic N) is 2. The Morgan fingerprint density at radius 3 is 2.44 bits per heavy atom. The molecule has 0 radical (unpaired) electrons. The van der Waals surface area contributed by atoms with Crippen LogP contribution in [0.3, 0.4) is 0 Å². The fraction of sp³-hybridized carbons (Fsp3) is 0.0952. The third-order valence-electron chi connectivity index (χ3n) is 4.44. The van der Waals surface area contributed by atoms with E-state index in [0.29, 0.717) is 5.75 Å². The van der Waals surface area contributed by atoms with Crippen molar-refractivity contribution in [3.05, 3.63) is 88.2 Å². The van der Waals surface area contributed by atoms with E-state index in [1.807, 2.05) is 0 Å². The first-order valence-electron chi connectivity index (χ1n) is 9.22. The van der Waals surface area contributed by atoms with Crippen LogP contribution >= 0.6 is 0 Å². The molecule has 0 aliphatic carbocycles. The number of methoxy groups -OCH3 is 1. The van der Waals surface area contributed by atoms with E-state index in [0.717, 1.165) is 6.07 Å². The Kier molecular flexibility index (Phi) is 6.69. The molecule has 11 heteroatoms. The lowest BCUT2D eigenvalue weighted by Gasteiger charge is -2.12. The van der Waals surface area contributed by atoms with E-state index in [2.05, 4.69) is 15.2 Å². The average molecular weight is 458 g/mol. The fourth-order valence-electron chi connectivity index (χ4n) is 2.82. The maximum atomic E-state index is 13.9. The van der Waals surface area contributed by atoms with Gasteiger partial charge < -0.3 is 4.74 Å². The summed E-state index contributed by atoms with van der Waals surface area (Å²) in [6, 6.07) is 15.6. The van der Waals surface area contributed by atoms with Crippen molar-refractivity contribution in [2.75, 3.05) is 17.3 Å². The Morgan fingerprint density at radius 1 is 1.06 bits per heavy atom. The number of hydrogen-bond acceptors (Lipinski definition) is 7. The van der Waals surface area contributed by atoms with Crippen LogP contribution in [0.2, 0.25) is 0 Å². The number of anilines is 2. The molecule has 0 spiro atoms. The van der Waals surface area contributed by atoms with Gasteiger partial charge in [-0.15, -0.1) is 0 Å². The normalized spacial score (nSPS) is 11.7. The third kappa shape index (κ3) is 5.01. The van der Waals surface area contributed by atoms with Crippen molar-refractivity contribution >= 4 is 32.8 Å². The molecule has 0 aliphatic rings. The average Bonchev–Trinajstić information content (AvgIpc) is 2.77. The maximum Gasteiger partial charge on any atom is 0.295 e. The third-order valence-corrected chi connectivity index (χ3v) is 5.80. The highest BCUT2D eigenvalue weighted by Crippen LogP contribution is 2.30. The van der Waals surface area contributed by atoms with E-state index < -0.39 is 26.5 Å². The Bertz CT molecular complexity index is 1290. The fourth-order valence-corrected chi connectivity index (χ4v) is 3.91. The second-order valence-corrected chi connectivity index (χ2v) is 8.21. The summed E-state index contributed by atoms with van der Waals surface area (Å²) in [5, 5.41) is 15.5. The summed E-state index contributed by atoms with van der Waals surface area (Å²) in [7, 11) is -2.76. The number of hydrazone groups is 1. The number of para-hydroxylation sites is 2. The molecule has 0 amide bonds. The van der Waals surface area contributed by atoms with E-state index in [1.165, 1.54) is 50.4 Å². The summed E-state index contributed by atoms with van der Waals surface area (Å²) in [5.74, 6) is -0.198. The first kappa shape index (κ1) is 22.7. The van der Waals surface area contributed by atoms with Gasteiger partial charge in [0, 0.05) is 11.6 Å². The van der Waals surface area contributed by atoms with Crippen LogP contribution in [0.5, 0.6) is 5.75 Å². The molecule has 0 fully saturated rings. The summed E-state index contributed by atoms with van der Waals surface area (Å²) < 4.78 is 46.9. The highest BCUT2D eigenvalue weighted by molar-refractivity contribution is 7.92. The molecule has 0 saturated carbocycles. The summed E-state index contributed by atoms with van der Waals surface area (Å²) in [6.45, 7) is 1.53. The van der Waals surface area contributed by atoms with Gasteiger partial charge in [0.25, 0.3) is 15.7 Å². The number of rotatable bonds is 8. The molecule has 166 valence electrons. The van der Waals surface area contributed by atoms with Gasteiger partial charge in [-0.3, -0.25) is 20.3 Å². The number of sulfonamides is 1. The summed E-state index contributed by atoms with van der Waals surface area (Å²) in [6.07, 6.45) is 0. The molecule has 0 unspecified atom stereocenters. The molecule has 0 saturated heterocycles. The van der Waals surface area contributed by atoms with Crippen molar-refractivity contribution < 1.29 is 22.5 Å². The first-order chi connectivity index (χ1) is 15.2. The van der Waals surface area contributed by atoms with Gasteiger partial charge in [0.05, 0.1) is 28.3 Å². The standard InChI is InChI=1S/C21H19FN4O5S/c1-14(16-7-3-4-8-17(16)22)23-24-18-12-11-15(13-20(18)26(27)28)32(29,30)25-19-9-5-6-10-21(19)31-2/h3-13,24-25H,1-2H3/b23-14+. The Hall–Kier alpha value is -3.99. The van der Waals surface area contributed by atoms with Gasteiger partial charge in [-0.2, -0.15) is 5.10 Å². The van der Waals surface area contributed by atoms with E-state index in [9.17, 15) is 22.9 Å². The number of nitro groups is 1. The quantitative estimate of drug-likeness (QED) is 0.293. The van der Waals surface area contributed by atoms with Crippen LogP contribution in [-0.2, 0) is 10.0 Å². The predicted molar refractivity (Wildman–Crippen MR) is 119 cm³/mol. The van der Waals surface area contributed by atoms with E-state index in [-0.39, 0.29) is 27.5 Å². The van der Waals surface area contributed by atoms with E-state index >= 15 is 0 Å². The van der Waals surface area contributed by atoms with Gasteiger partial charge in [-0.25, -0.2) is 12.8 Å². The van der Waals surface area contributed by atoms with Crippen molar-refractivity contribution in [2.24, 2.45) is 5.10 Å². The summed E-state index contributed by atoms with van der Waals surface area (Å²) in [4.78, 5) is 10.5. The molecule has 2 N–H and O–H groups in total. The molecule has 0 bridgehead atoms. The molecule has 0 aliphatic heterocycles. The van der Waals surface area contributed by atoms with Crippen molar-refractivity contribution in [3.63, 3.8) is 0 Å². The van der Waals surface area contributed by atoms with Gasteiger partial charge in [0.2, 0.25) is 0 Å². The minimum atomic E-state index is -4.15. The topological polar surface area (TPSA) is 123 Å². The SMILES string of the molecule is COc1ccccc1NS(=O)(=O)c1ccc(N/N=C(\C)c2ccccc2F)c([N+](=O)[O-])c1. The number of ether oxygens (including phenoxy) is 1. The van der Waals surface area contributed by atoms with Crippen molar-refractivity contribution in [1.29, 1.82) is 0 Å². The zero-order valence-electron chi connectivity index (χ0n) is 17.1. The number of nitrogens with one attached hydrogen (secondary N) is 2. The molecule has 3 aromatic rings. The lowest BCUT2D eigenvalue weighted by Crippen LogP contribution is -2.14. The van der Waals surface area contributed by atoms with Crippen LogP contribution in [0.25, 0.3) is 0 Å².